The minimum Gasteiger partial charge on any atom is -0.744 e. The average Bonchev–Trinajstić information content (AvgIpc) is 2.53. The van der Waals surface area contributed by atoms with Crippen LogP contribution in [0, 0.1) is 0 Å². The molecule has 0 saturated heterocycles. The molecule has 0 amide bonds. The van der Waals surface area contributed by atoms with Gasteiger partial charge in [-0.15, -0.1) is 0 Å². The molecule has 0 aliphatic carbocycles. The summed E-state index contributed by atoms with van der Waals surface area (Å²) in [5.41, 5.74) is 0. The van der Waals surface area contributed by atoms with Crippen LogP contribution in [0.2, 0.25) is 0 Å². The first-order valence-corrected chi connectivity index (χ1v) is 9.38. The summed E-state index contributed by atoms with van der Waals surface area (Å²) in [7, 11) is -6.87. The van der Waals surface area contributed by atoms with Gasteiger partial charge in [-0.2, -0.15) is 0 Å². The van der Waals surface area contributed by atoms with Gasteiger partial charge in [0.25, 0.3) is 0 Å². The van der Waals surface area contributed by atoms with Gasteiger partial charge in [-0.05, 0) is 24.3 Å². The van der Waals surface area contributed by atoms with Crippen molar-refractivity contribution < 1.29 is 65.1 Å². The Morgan fingerprint density at radius 3 is 1.22 bits per heavy atom. The predicted octanol–water partition coefficient (Wildman–Crippen LogP) is 0.607. The van der Waals surface area contributed by atoms with Crippen molar-refractivity contribution in [3.63, 3.8) is 0 Å². The number of methoxy groups -OCH3 is 2. The molecule has 0 unspecified atom stereocenters. The molecule has 27 heavy (non-hydrogen) atoms. The number of aromatic hydroxyl groups is 2. The summed E-state index contributed by atoms with van der Waals surface area (Å²) in [6.07, 6.45) is 0. The minimum atomic E-state index is -4.60. The predicted molar refractivity (Wildman–Crippen MR) is 85.2 cm³/mol. The molecule has 0 heterocycles. The van der Waals surface area contributed by atoms with Crippen molar-refractivity contribution in [3.8, 4) is 23.0 Å². The molecule has 2 rings (SSSR count). The summed E-state index contributed by atoms with van der Waals surface area (Å²) < 4.78 is 72.9. The quantitative estimate of drug-likeness (QED) is 0.474. The third kappa shape index (κ3) is 6.63. The number of hydrogen-bond acceptors (Lipinski definition) is 10. The zero-order valence-corrected chi connectivity index (χ0v) is 18.7. The molecule has 0 fully saturated rings. The van der Waals surface area contributed by atoms with E-state index in [2.05, 4.69) is 9.47 Å². The fourth-order valence-corrected chi connectivity index (χ4v) is 3.13. The van der Waals surface area contributed by atoms with Crippen LogP contribution >= 0.6 is 0 Å². The summed E-state index contributed by atoms with van der Waals surface area (Å²) in [6, 6.07) is 7.11. The number of rotatable bonds is 4. The smallest absolute Gasteiger partial charge is 0.744 e. The van der Waals surface area contributed by atoms with Crippen LogP contribution in [0.4, 0.5) is 0 Å². The molecule has 144 valence electrons. The molecule has 2 aromatic carbocycles. The van der Waals surface area contributed by atoms with E-state index in [0.717, 1.165) is 12.1 Å². The van der Waals surface area contributed by atoms with Gasteiger partial charge in [-0.3, -0.25) is 0 Å². The van der Waals surface area contributed by atoms with Crippen LogP contribution < -0.4 is 9.47 Å². The van der Waals surface area contributed by atoms with E-state index in [0.29, 0.717) is 0 Å². The Kier molecular flexibility index (Phi) is 9.16. The van der Waals surface area contributed by atoms with Crippen molar-refractivity contribution >= 4 is 20.2 Å². The molecule has 0 bridgehead atoms. The standard InChI is InChI=1S/2C7H8O5S.Zn/c2*1-12-7-5(8)3-2-4-6(7)13(9,10)11;/h2*2-4,8H,1H3,(H,9,10,11);/q;;+2/p-2. The van der Waals surface area contributed by atoms with Gasteiger partial charge in [0.2, 0.25) is 0 Å². The van der Waals surface area contributed by atoms with Crippen molar-refractivity contribution in [3.05, 3.63) is 36.4 Å². The second kappa shape index (κ2) is 9.86. The molecule has 13 heteroatoms. The van der Waals surface area contributed by atoms with Crippen molar-refractivity contribution in [1.82, 2.24) is 0 Å². The average molecular weight is 472 g/mol. The van der Waals surface area contributed by atoms with E-state index < -0.39 is 30.0 Å². The Labute approximate surface area is 168 Å². The van der Waals surface area contributed by atoms with Crippen molar-refractivity contribution in [2.24, 2.45) is 0 Å². The molecular formula is C14H14O10S2Zn. The van der Waals surface area contributed by atoms with Gasteiger partial charge in [0.05, 0.1) is 14.2 Å². The second-order valence-corrected chi connectivity index (χ2v) is 7.22. The van der Waals surface area contributed by atoms with Crippen LogP contribution in [0.1, 0.15) is 0 Å². The molecule has 2 aromatic rings. The molecule has 0 radical (unpaired) electrons. The van der Waals surface area contributed by atoms with Crippen LogP contribution in [0.3, 0.4) is 0 Å². The van der Waals surface area contributed by atoms with Gasteiger partial charge in [0.1, 0.15) is 30.0 Å². The summed E-state index contributed by atoms with van der Waals surface area (Å²) in [6.45, 7) is 0. The van der Waals surface area contributed by atoms with Crippen molar-refractivity contribution in [2.45, 2.75) is 9.79 Å². The first kappa shape index (κ1) is 25.1. The molecular weight excluding hydrogens is 458 g/mol. The van der Waals surface area contributed by atoms with Crippen molar-refractivity contribution in [1.29, 1.82) is 0 Å². The summed E-state index contributed by atoms with van der Waals surface area (Å²) in [4.78, 5) is -1.12. The van der Waals surface area contributed by atoms with Gasteiger partial charge < -0.3 is 28.8 Å². The van der Waals surface area contributed by atoms with Gasteiger partial charge in [-0.25, -0.2) is 16.8 Å². The Morgan fingerprint density at radius 2 is 1.04 bits per heavy atom. The third-order valence-corrected chi connectivity index (χ3v) is 4.58. The number of ether oxygens (including phenoxy) is 2. The van der Waals surface area contributed by atoms with E-state index in [9.17, 15) is 25.9 Å². The zero-order valence-electron chi connectivity index (χ0n) is 14.1. The maximum Gasteiger partial charge on any atom is 2.00 e. The van der Waals surface area contributed by atoms with E-state index in [4.69, 9.17) is 10.2 Å². The zero-order chi connectivity index (χ0) is 20.1. The maximum atomic E-state index is 10.6. The van der Waals surface area contributed by atoms with Crippen LogP contribution in [0.5, 0.6) is 23.0 Å². The minimum absolute atomic E-state index is 0. The topological polar surface area (TPSA) is 173 Å². The molecule has 0 atom stereocenters. The SMILES string of the molecule is COc1c(O)cccc1S(=O)(=O)[O-].COc1c(O)cccc1S(=O)(=O)[O-].[Zn+2]. The Hall–Kier alpha value is -1.92. The molecule has 0 saturated carbocycles. The molecule has 0 aliphatic rings. The van der Waals surface area contributed by atoms with E-state index >= 15 is 0 Å². The first-order chi connectivity index (χ1) is 11.9. The largest absolute Gasteiger partial charge is 2.00 e. The fourth-order valence-electron chi connectivity index (χ4n) is 1.81. The van der Waals surface area contributed by atoms with Gasteiger partial charge in [0, 0.05) is 0 Å². The van der Waals surface area contributed by atoms with Gasteiger partial charge >= 0.3 is 19.5 Å². The Balaban J connectivity index is 0.000000483. The third-order valence-electron chi connectivity index (χ3n) is 2.86. The van der Waals surface area contributed by atoms with Crippen LogP contribution in [-0.2, 0) is 39.7 Å². The molecule has 0 aromatic heterocycles. The van der Waals surface area contributed by atoms with Crippen LogP contribution in [-0.4, -0.2) is 50.4 Å². The molecule has 10 nitrogen and oxygen atoms in total. The van der Waals surface area contributed by atoms with E-state index in [1.54, 1.807) is 0 Å². The van der Waals surface area contributed by atoms with Crippen molar-refractivity contribution in [2.75, 3.05) is 14.2 Å². The van der Waals surface area contributed by atoms with Gasteiger partial charge in [0.15, 0.2) is 23.0 Å². The first-order valence-electron chi connectivity index (χ1n) is 6.57. The normalized spacial score (nSPS) is 10.8. The number of hydrogen-bond donors (Lipinski definition) is 2. The van der Waals surface area contributed by atoms with Crippen LogP contribution in [0.15, 0.2) is 46.2 Å². The molecule has 2 N–H and O–H groups in total. The second-order valence-electron chi connectivity index (χ2n) is 4.53. The number of para-hydroxylation sites is 2. The number of benzene rings is 2. The maximum absolute atomic E-state index is 10.6. The van der Waals surface area contributed by atoms with Gasteiger partial charge in [-0.1, -0.05) is 12.1 Å². The number of phenolic OH excluding ortho intramolecular Hbond substituents is 2. The van der Waals surface area contributed by atoms with Crippen LogP contribution in [0.25, 0.3) is 0 Å². The number of phenols is 2. The summed E-state index contributed by atoms with van der Waals surface area (Å²) in [5.74, 6) is -1.39. The monoisotopic (exact) mass is 470 g/mol. The summed E-state index contributed by atoms with van der Waals surface area (Å²) in [5, 5.41) is 18.3. The Morgan fingerprint density at radius 1 is 0.741 bits per heavy atom. The Bertz CT molecular complexity index is 905. The summed E-state index contributed by atoms with van der Waals surface area (Å²) >= 11 is 0. The fraction of sp³-hybridized carbons (Fsp3) is 0.143. The molecule has 0 aliphatic heterocycles. The van der Waals surface area contributed by atoms with E-state index in [1.807, 2.05) is 0 Å². The van der Waals surface area contributed by atoms with E-state index in [1.165, 1.54) is 38.5 Å². The van der Waals surface area contributed by atoms with E-state index in [-0.39, 0.29) is 42.5 Å². The molecule has 0 spiro atoms.